The Morgan fingerprint density at radius 3 is 2.15 bits per heavy atom. The second-order valence-corrected chi connectivity index (χ2v) is 5.53. The van der Waals surface area contributed by atoms with Gasteiger partial charge in [0.25, 0.3) is 0 Å². The number of aromatic hydroxyl groups is 1. The second kappa shape index (κ2) is 5.50. The molecule has 6 heteroatoms. The van der Waals surface area contributed by atoms with Gasteiger partial charge in [-0.2, -0.15) is 13.2 Å². The molecule has 20 heavy (non-hydrogen) atoms. The average Bonchev–Trinajstić information content (AvgIpc) is 2.22. The molecule has 0 aliphatic carbocycles. The van der Waals surface area contributed by atoms with Crippen molar-refractivity contribution < 1.29 is 27.4 Å². The van der Waals surface area contributed by atoms with E-state index in [9.17, 15) is 22.7 Å². The van der Waals surface area contributed by atoms with E-state index < -0.39 is 35.3 Å². The molecule has 0 spiro atoms. The zero-order valence-corrected chi connectivity index (χ0v) is 11.9. The van der Waals surface area contributed by atoms with E-state index >= 15 is 0 Å². The van der Waals surface area contributed by atoms with E-state index in [1.165, 1.54) is 0 Å². The maximum atomic E-state index is 14.0. The van der Waals surface area contributed by atoms with Crippen molar-refractivity contribution in [3.05, 3.63) is 23.0 Å². The molecule has 0 bridgehead atoms. The Hall–Kier alpha value is -1.46. The van der Waals surface area contributed by atoms with Crippen LogP contribution in [0.5, 0.6) is 11.5 Å². The molecule has 0 atom stereocenters. The quantitative estimate of drug-likeness (QED) is 0.838. The van der Waals surface area contributed by atoms with Crippen LogP contribution in [-0.2, 0) is 12.8 Å². The molecule has 2 nitrogen and oxygen atoms in total. The van der Waals surface area contributed by atoms with E-state index in [0.717, 1.165) is 6.07 Å². The predicted octanol–water partition coefficient (Wildman–Crippen LogP) is 4.38. The average molecular weight is 294 g/mol. The molecular formula is C14H18F4O2. The Balaban J connectivity index is 3.35. The molecule has 1 rings (SSSR count). The van der Waals surface area contributed by atoms with Crippen LogP contribution in [0.3, 0.4) is 0 Å². The van der Waals surface area contributed by atoms with Crippen LogP contribution >= 0.6 is 0 Å². The Bertz CT molecular complexity index is 487. The topological polar surface area (TPSA) is 29.5 Å². The van der Waals surface area contributed by atoms with E-state index in [-0.39, 0.29) is 17.7 Å². The summed E-state index contributed by atoms with van der Waals surface area (Å²) in [6.45, 7) is 6.76. The highest BCUT2D eigenvalue weighted by Crippen LogP contribution is 2.37. The monoisotopic (exact) mass is 294 g/mol. The molecule has 0 radical (unpaired) electrons. The third kappa shape index (κ3) is 4.28. The van der Waals surface area contributed by atoms with Crippen molar-refractivity contribution in [3.8, 4) is 11.5 Å². The first kappa shape index (κ1) is 16.6. The molecule has 0 saturated carbocycles. The predicted molar refractivity (Wildman–Crippen MR) is 67.6 cm³/mol. The van der Waals surface area contributed by atoms with Crippen LogP contribution in [-0.4, -0.2) is 16.9 Å². The molecule has 1 aromatic rings. The number of alkyl halides is 3. The fourth-order valence-electron chi connectivity index (χ4n) is 1.81. The summed E-state index contributed by atoms with van der Waals surface area (Å²) >= 11 is 0. The van der Waals surface area contributed by atoms with E-state index in [4.69, 9.17) is 4.74 Å². The molecule has 0 aliphatic rings. The standard InChI is InChI=1S/C14H18F4O2/c1-5-9-10(20-13(2,3)4)6-8(7-14(16,17)18)12(19)11(9)15/h6,19H,5,7H2,1-4H3. The Morgan fingerprint density at radius 1 is 1.20 bits per heavy atom. The van der Waals surface area contributed by atoms with Crippen molar-refractivity contribution in [2.45, 2.75) is 52.3 Å². The van der Waals surface area contributed by atoms with Crippen molar-refractivity contribution in [1.82, 2.24) is 0 Å². The number of hydrogen-bond donors (Lipinski definition) is 1. The number of hydrogen-bond acceptors (Lipinski definition) is 2. The Kier molecular flexibility index (Phi) is 4.56. The van der Waals surface area contributed by atoms with Crippen molar-refractivity contribution in [1.29, 1.82) is 0 Å². The van der Waals surface area contributed by atoms with Crippen LogP contribution in [0.1, 0.15) is 38.8 Å². The molecule has 0 heterocycles. The van der Waals surface area contributed by atoms with E-state index in [0.29, 0.717) is 0 Å². The molecule has 0 saturated heterocycles. The van der Waals surface area contributed by atoms with Gasteiger partial charge in [-0.15, -0.1) is 0 Å². The first-order valence-corrected chi connectivity index (χ1v) is 6.23. The molecule has 0 unspecified atom stereocenters. The van der Waals surface area contributed by atoms with Gasteiger partial charge in [-0.3, -0.25) is 0 Å². The van der Waals surface area contributed by atoms with Crippen molar-refractivity contribution in [2.24, 2.45) is 0 Å². The molecular weight excluding hydrogens is 276 g/mol. The number of halogens is 4. The van der Waals surface area contributed by atoms with Gasteiger partial charge in [-0.05, 0) is 33.3 Å². The van der Waals surface area contributed by atoms with Crippen molar-refractivity contribution in [3.63, 3.8) is 0 Å². The first-order valence-electron chi connectivity index (χ1n) is 6.23. The molecule has 0 amide bonds. The second-order valence-electron chi connectivity index (χ2n) is 5.53. The summed E-state index contributed by atoms with van der Waals surface area (Å²) in [7, 11) is 0. The SMILES string of the molecule is CCc1c(OC(C)(C)C)cc(CC(F)(F)F)c(O)c1F. The summed E-state index contributed by atoms with van der Waals surface area (Å²) in [5.74, 6) is -1.97. The van der Waals surface area contributed by atoms with Crippen molar-refractivity contribution >= 4 is 0 Å². The lowest BCUT2D eigenvalue weighted by molar-refractivity contribution is -0.127. The number of rotatable bonds is 3. The lowest BCUT2D eigenvalue weighted by Crippen LogP contribution is -2.24. The normalized spacial score (nSPS) is 12.6. The fourth-order valence-corrected chi connectivity index (χ4v) is 1.81. The third-order valence-corrected chi connectivity index (χ3v) is 2.54. The lowest BCUT2D eigenvalue weighted by Gasteiger charge is -2.24. The summed E-state index contributed by atoms with van der Waals surface area (Å²) in [6.07, 6.45) is -5.73. The highest BCUT2D eigenvalue weighted by Gasteiger charge is 2.31. The van der Waals surface area contributed by atoms with Gasteiger partial charge in [0.05, 0.1) is 6.42 Å². The van der Waals surface area contributed by atoms with Crippen LogP contribution in [0.15, 0.2) is 6.07 Å². The number of phenolic OH excluding ortho intramolecular Hbond substituents is 1. The zero-order chi connectivity index (χ0) is 15.7. The maximum Gasteiger partial charge on any atom is 0.393 e. The van der Waals surface area contributed by atoms with Crippen LogP contribution in [0.2, 0.25) is 0 Å². The third-order valence-electron chi connectivity index (χ3n) is 2.54. The van der Waals surface area contributed by atoms with E-state index in [1.54, 1.807) is 27.7 Å². The van der Waals surface area contributed by atoms with Crippen LogP contribution < -0.4 is 4.74 Å². The summed E-state index contributed by atoms with van der Waals surface area (Å²) in [6, 6.07) is 1.07. The first-order chi connectivity index (χ1) is 8.94. The van der Waals surface area contributed by atoms with Gasteiger partial charge >= 0.3 is 6.18 Å². The van der Waals surface area contributed by atoms with Gasteiger partial charge in [0.15, 0.2) is 11.6 Å². The minimum Gasteiger partial charge on any atom is -0.505 e. The number of phenols is 1. The molecule has 0 aromatic heterocycles. The number of ether oxygens (including phenoxy) is 1. The minimum atomic E-state index is -4.53. The highest BCUT2D eigenvalue weighted by atomic mass is 19.4. The zero-order valence-electron chi connectivity index (χ0n) is 11.9. The van der Waals surface area contributed by atoms with Gasteiger partial charge in [0, 0.05) is 11.1 Å². The largest absolute Gasteiger partial charge is 0.505 e. The molecule has 114 valence electrons. The molecule has 1 aromatic carbocycles. The molecule has 0 fully saturated rings. The fraction of sp³-hybridized carbons (Fsp3) is 0.571. The summed E-state index contributed by atoms with van der Waals surface area (Å²) in [4.78, 5) is 0. The number of benzene rings is 1. The smallest absolute Gasteiger partial charge is 0.393 e. The van der Waals surface area contributed by atoms with Gasteiger partial charge < -0.3 is 9.84 Å². The Morgan fingerprint density at radius 2 is 1.75 bits per heavy atom. The molecule has 1 N–H and O–H groups in total. The maximum absolute atomic E-state index is 14.0. The van der Waals surface area contributed by atoms with Gasteiger partial charge in [0.1, 0.15) is 11.4 Å². The van der Waals surface area contributed by atoms with Gasteiger partial charge in [-0.1, -0.05) is 6.92 Å². The van der Waals surface area contributed by atoms with E-state index in [2.05, 4.69) is 0 Å². The van der Waals surface area contributed by atoms with E-state index in [1.807, 2.05) is 0 Å². The van der Waals surface area contributed by atoms with Crippen LogP contribution in [0, 0.1) is 5.82 Å². The summed E-state index contributed by atoms with van der Waals surface area (Å²) in [5.41, 5.74) is -1.13. The van der Waals surface area contributed by atoms with Gasteiger partial charge in [0.2, 0.25) is 0 Å². The van der Waals surface area contributed by atoms with Crippen LogP contribution in [0.25, 0.3) is 0 Å². The Labute approximate surface area is 115 Å². The molecule has 0 aliphatic heterocycles. The minimum absolute atomic E-state index is 0.0366. The highest BCUT2D eigenvalue weighted by molar-refractivity contribution is 5.48. The summed E-state index contributed by atoms with van der Waals surface area (Å²) < 4.78 is 56.8. The van der Waals surface area contributed by atoms with Crippen molar-refractivity contribution in [2.75, 3.05) is 0 Å². The summed E-state index contributed by atoms with van der Waals surface area (Å²) in [5, 5.41) is 9.57. The van der Waals surface area contributed by atoms with Gasteiger partial charge in [-0.25, -0.2) is 4.39 Å². The van der Waals surface area contributed by atoms with Crippen LogP contribution in [0.4, 0.5) is 17.6 Å². The lowest BCUT2D eigenvalue weighted by atomic mass is 10.0.